The van der Waals surface area contributed by atoms with Gasteiger partial charge in [-0.2, -0.15) is 5.10 Å². The first kappa shape index (κ1) is 21.9. The maximum atomic E-state index is 14.7. The van der Waals surface area contributed by atoms with Crippen LogP contribution in [0.2, 0.25) is 0 Å². The number of halogens is 1. The Balaban J connectivity index is 1.54. The van der Waals surface area contributed by atoms with E-state index in [9.17, 15) is 9.18 Å². The van der Waals surface area contributed by atoms with Crippen molar-refractivity contribution < 1.29 is 13.9 Å². The first-order chi connectivity index (χ1) is 16.0. The van der Waals surface area contributed by atoms with Gasteiger partial charge in [0, 0.05) is 30.6 Å². The fourth-order valence-corrected chi connectivity index (χ4v) is 3.53. The Morgan fingerprint density at radius 3 is 2.64 bits per heavy atom. The minimum Gasteiger partial charge on any atom is -0.452 e. The summed E-state index contributed by atoms with van der Waals surface area (Å²) in [6.45, 7) is 3.58. The lowest BCUT2D eigenvalue weighted by Crippen LogP contribution is -2.14. The highest BCUT2D eigenvalue weighted by Crippen LogP contribution is 2.29. The molecule has 2 heterocycles. The monoisotopic (exact) mass is 443 g/mol. The van der Waals surface area contributed by atoms with Crippen LogP contribution in [0.4, 0.5) is 10.1 Å². The molecule has 0 spiro atoms. The fraction of sp³-hybridized carbons (Fsp3) is 0.120. The number of anilines is 1. The molecule has 166 valence electrons. The van der Waals surface area contributed by atoms with E-state index in [1.807, 2.05) is 37.3 Å². The van der Waals surface area contributed by atoms with Crippen molar-refractivity contribution in [2.75, 3.05) is 5.32 Å². The van der Waals surface area contributed by atoms with Gasteiger partial charge in [-0.05, 0) is 50.2 Å². The zero-order valence-corrected chi connectivity index (χ0v) is 18.2. The van der Waals surface area contributed by atoms with Crippen LogP contribution in [0.15, 0.2) is 66.9 Å². The predicted molar refractivity (Wildman–Crippen MR) is 124 cm³/mol. The summed E-state index contributed by atoms with van der Waals surface area (Å²) < 4.78 is 22.1. The summed E-state index contributed by atoms with van der Waals surface area (Å²) in [5.74, 6) is -0.639. The number of hydrogen-bond donors (Lipinski definition) is 2. The third-order valence-electron chi connectivity index (χ3n) is 5.07. The van der Waals surface area contributed by atoms with E-state index in [0.717, 1.165) is 5.69 Å². The lowest BCUT2D eigenvalue weighted by Gasteiger charge is -2.11. The molecule has 0 saturated heterocycles. The molecule has 33 heavy (non-hydrogen) atoms. The van der Waals surface area contributed by atoms with Crippen molar-refractivity contribution in [1.29, 1.82) is 5.41 Å². The molecule has 2 aromatic heterocycles. The molecule has 0 bridgehead atoms. The van der Waals surface area contributed by atoms with Crippen molar-refractivity contribution in [2.45, 2.75) is 20.3 Å². The van der Waals surface area contributed by atoms with Gasteiger partial charge in [-0.15, -0.1) is 0 Å². The van der Waals surface area contributed by atoms with Gasteiger partial charge >= 0.3 is 0 Å². The number of aryl methyl sites for hydroxylation is 1. The molecule has 8 heteroatoms. The molecule has 0 fully saturated rings. The Morgan fingerprint density at radius 1 is 1.12 bits per heavy atom. The summed E-state index contributed by atoms with van der Waals surface area (Å²) in [4.78, 5) is 17.1. The van der Waals surface area contributed by atoms with Gasteiger partial charge < -0.3 is 15.5 Å². The Hall–Kier alpha value is -4.33. The Bertz CT molecular complexity index is 1320. The number of hydrogen-bond acceptors (Lipinski definition) is 5. The van der Waals surface area contributed by atoms with Crippen LogP contribution in [0.1, 0.15) is 27.4 Å². The van der Waals surface area contributed by atoms with Crippen molar-refractivity contribution >= 4 is 17.8 Å². The predicted octanol–water partition coefficient (Wildman–Crippen LogP) is 5.26. The molecule has 0 radical (unpaired) electrons. The number of nitrogens with zero attached hydrogens (tertiary/aromatic N) is 3. The van der Waals surface area contributed by atoms with Gasteiger partial charge in [0.05, 0.1) is 28.3 Å². The summed E-state index contributed by atoms with van der Waals surface area (Å²) in [5.41, 5.74) is 3.37. The maximum Gasteiger partial charge on any atom is 0.259 e. The molecular weight excluding hydrogens is 421 g/mol. The molecule has 0 unspecified atom stereocenters. The van der Waals surface area contributed by atoms with Crippen molar-refractivity contribution in [3.8, 4) is 17.2 Å². The first-order valence-electron chi connectivity index (χ1n) is 10.3. The van der Waals surface area contributed by atoms with Crippen LogP contribution < -0.4 is 10.1 Å². The minimum atomic E-state index is -0.633. The van der Waals surface area contributed by atoms with Gasteiger partial charge in [0.1, 0.15) is 5.75 Å². The third-order valence-corrected chi connectivity index (χ3v) is 5.07. The number of ether oxygens (including phenoxy) is 1. The van der Waals surface area contributed by atoms with Crippen molar-refractivity contribution in [3.05, 3.63) is 95.3 Å². The SMILES string of the molecule is Cc1nn(-c2ccccc2)c(C)c1C(=O)Nc1ccc(Oc2cccnc2CC=N)c(F)c1. The zero-order valence-electron chi connectivity index (χ0n) is 18.2. The van der Waals surface area contributed by atoms with Gasteiger partial charge in [0.15, 0.2) is 11.6 Å². The molecule has 0 aliphatic rings. The van der Waals surface area contributed by atoms with Gasteiger partial charge in [-0.3, -0.25) is 9.78 Å². The van der Waals surface area contributed by atoms with E-state index < -0.39 is 5.82 Å². The standard InChI is InChI=1S/C25H22FN5O2/c1-16-24(17(2)31(30-16)19-7-4-3-5-8-19)25(32)29-18-10-11-22(20(26)15-18)33-23-9-6-14-28-21(23)12-13-27/h3-11,13-15,27H,12H2,1-2H3,(H,29,32). The highest BCUT2D eigenvalue weighted by Gasteiger charge is 2.20. The summed E-state index contributed by atoms with van der Waals surface area (Å²) in [5, 5.41) is 14.5. The molecule has 2 aromatic carbocycles. The number of benzene rings is 2. The van der Waals surface area contributed by atoms with Gasteiger partial charge in [0.25, 0.3) is 5.91 Å². The van der Waals surface area contributed by atoms with E-state index >= 15 is 0 Å². The number of carbonyl (C=O) groups is 1. The van der Waals surface area contributed by atoms with E-state index in [4.69, 9.17) is 10.1 Å². The van der Waals surface area contributed by atoms with Crippen LogP contribution in [0.3, 0.4) is 0 Å². The molecule has 7 nitrogen and oxygen atoms in total. The number of carbonyl (C=O) groups excluding carboxylic acids is 1. The molecule has 0 atom stereocenters. The van der Waals surface area contributed by atoms with Crippen LogP contribution in [0, 0.1) is 25.1 Å². The molecule has 4 rings (SSSR count). The topological polar surface area (TPSA) is 92.9 Å². The number of amides is 1. The number of rotatable bonds is 7. The largest absolute Gasteiger partial charge is 0.452 e. The molecule has 4 aromatic rings. The van der Waals surface area contributed by atoms with E-state index in [-0.39, 0.29) is 18.1 Å². The molecular formula is C25H22FN5O2. The third kappa shape index (κ3) is 4.64. The van der Waals surface area contributed by atoms with Crippen molar-refractivity contribution in [1.82, 2.24) is 14.8 Å². The van der Waals surface area contributed by atoms with Crippen molar-refractivity contribution in [3.63, 3.8) is 0 Å². The number of aromatic nitrogens is 3. The Morgan fingerprint density at radius 2 is 1.91 bits per heavy atom. The number of nitrogens with one attached hydrogen (secondary N) is 2. The summed E-state index contributed by atoms with van der Waals surface area (Å²) in [6.07, 6.45) is 3.07. The van der Waals surface area contributed by atoms with E-state index in [1.165, 1.54) is 18.3 Å². The highest BCUT2D eigenvalue weighted by atomic mass is 19.1. The maximum absolute atomic E-state index is 14.7. The fourth-order valence-electron chi connectivity index (χ4n) is 3.53. The minimum absolute atomic E-state index is 0.00325. The lowest BCUT2D eigenvalue weighted by atomic mass is 10.1. The molecule has 0 aliphatic carbocycles. The summed E-state index contributed by atoms with van der Waals surface area (Å²) in [7, 11) is 0. The highest BCUT2D eigenvalue weighted by molar-refractivity contribution is 6.06. The lowest BCUT2D eigenvalue weighted by molar-refractivity contribution is 0.102. The molecule has 2 N–H and O–H groups in total. The number of pyridine rings is 1. The van der Waals surface area contributed by atoms with E-state index in [0.29, 0.717) is 34.1 Å². The van der Waals surface area contributed by atoms with Gasteiger partial charge in [-0.1, -0.05) is 18.2 Å². The zero-order chi connectivity index (χ0) is 23.4. The van der Waals surface area contributed by atoms with Gasteiger partial charge in [0.2, 0.25) is 0 Å². The first-order valence-corrected chi connectivity index (χ1v) is 10.3. The van der Waals surface area contributed by atoms with Crippen LogP contribution >= 0.6 is 0 Å². The average molecular weight is 443 g/mol. The summed E-state index contributed by atoms with van der Waals surface area (Å²) >= 11 is 0. The Labute approximate surface area is 190 Å². The normalized spacial score (nSPS) is 10.6. The smallest absolute Gasteiger partial charge is 0.259 e. The number of para-hydroxylation sites is 1. The van der Waals surface area contributed by atoms with E-state index in [2.05, 4.69) is 15.4 Å². The second-order valence-electron chi connectivity index (χ2n) is 7.35. The van der Waals surface area contributed by atoms with Crippen LogP contribution in [0.5, 0.6) is 11.5 Å². The molecule has 0 saturated carbocycles. The second-order valence-corrected chi connectivity index (χ2v) is 7.35. The molecule has 1 amide bonds. The molecule has 0 aliphatic heterocycles. The van der Waals surface area contributed by atoms with Crippen LogP contribution in [-0.4, -0.2) is 26.9 Å². The average Bonchev–Trinajstić information content (AvgIpc) is 3.11. The van der Waals surface area contributed by atoms with Crippen LogP contribution in [0.25, 0.3) is 5.69 Å². The second kappa shape index (κ2) is 9.44. The van der Waals surface area contributed by atoms with Crippen LogP contribution in [-0.2, 0) is 6.42 Å². The Kier molecular flexibility index (Phi) is 6.26. The van der Waals surface area contributed by atoms with Gasteiger partial charge in [-0.25, -0.2) is 9.07 Å². The summed E-state index contributed by atoms with van der Waals surface area (Å²) in [6, 6.07) is 17.1. The van der Waals surface area contributed by atoms with E-state index in [1.54, 1.807) is 36.0 Å². The van der Waals surface area contributed by atoms with Crippen molar-refractivity contribution in [2.24, 2.45) is 0 Å². The quantitative estimate of drug-likeness (QED) is 0.381.